The van der Waals surface area contributed by atoms with E-state index in [1.54, 1.807) is 24.0 Å². The molecular formula is C57H79F2IN8O18P2. The highest BCUT2D eigenvalue weighted by atomic mass is 127. The third kappa shape index (κ3) is 24.8. The number of unbranched alkanes of at least 4 members (excludes halogenated alkanes) is 3. The van der Waals surface area contributed by atoms with Crippen LogP contribution in [0, 0.1) is 9.49 Å². The zero-order valence-electron chi connectivity index (χ0n) is 49.0. The van der Waals surface area contributed by atoms with Crippen molar-refractivity contribution in [1.82, 2.24) is 20.9 Å². The predicted octanol–water partition coefficient (Wildman–Crippen LogP) is 6.42. The summed E-state index contributed by atoms with van der Waals surface area (Å²) in [5.41, 5.74) is 12.1. The van der Waals surface area contributed by atoms with Crippen molar-refractivity contribution in [3.05, 3.63) is 111 Å². The van der Waals surface area contributed by atoms with Gasteiger partial charge in [0.1, 0.15) is 25.3 Å². The minimum atomic E-state index is -5.66. The highest BCUT2D eigenvalue weighted by molar-refractivity contribution is 14.1. The van der Waals surface area contributed by atoms with E-state index >= 15 is 8.78 Å². The van der Waals surface area contributed by atoms with E-state index in [1.807, 2.05) is 36.4 Å². The average Bonchev–Trinajstić information content (AvgIpc) is 2.60. The highest BCUT2D eigenvalue weighted by Crippen LogP contribution is 2.69. The quantitative estimate of drug-likeness (QED) is 0.00437. The Balaban J connectivity index is 1.33. The van der Waals surface area contributed by atoms with Gasteiger partial charge in [0.15, 0.2) is 12.1 Å². The summed E-state index contributed by atoms with van der Waals surface area (Å²) < 4.78 is 77.4. The molecule has 0 aliphatic carbocycles. The third-order valence-corrected chi connectivity index (χ3v) is 18.3. The Morgan fingerprint density at radius 2 is 1.39 bits per heavy atom. The van der Waals surface area contributed by atoms with E-state index in [1.165, 1.54) is 66.7 Å². The summed E-state index contributed by atoms with van der Waals surface area (Å²) >= 11 is 1.99. The molecule has 0 bridgehead atoms. The Hall–Kier alpha value is -6.59. The van der Waals surface area contributed by atoms with Crippen LogP contribution in [0.1, 0.15) is 120 Å². The van der Waals surface area contributed by atoms with Crippen molar-refractivity contribution in [2.75, 3.05) is 31.6 Å². The van der Waals surface area contributed by atoms with Crippen LogP contribution in [0.4, 0.5) is 24.1 Å². The fourth-order valence-corrected chi connectivity index (χ4v) is 11.6. The largest absolute Gasteiger partial charge is 0.466 e. The minimum absolute atomic E-state index is 0.0455. The summed E-state index contributed by atoms with van der Waals surface area (Å²) in [6, 6.07) is 14.8. The van der Waals surface area contributed by atoms with Crippen LogP contribution in [0.25, 0.3) is 0 Å². The molecule has 13 N–H and O–H groups in total. The van der Waals surface area contributed by atoms with Gasteiger partial charge in [-0.15, -0.1) is 0 Å². The first-order valence-electron chi connectivity index (χ1n) is 28.4. The molecule has 4 atom stereocenters. The number of aliphatic hydroxyl groups is 1. The van der Waals surface area contributed by atoms with Crippen molar-refractivity contribution in [2.24, 2.45) is 22.4 Å². The number of nitrogens with two attached hydrogens (primary N) is 2. The number of carbonyl (C=O) groups excluding carboxylic acids is 7. The second kappa shape index (κ2) is 35.6. The van der Waals surface area contributed by atoms with Crippen LogP contribution in [0.15, 0.2) is 89.9 Å². The fourth-order valence-electron chi connectivity index (χ4n) is 8.96. The van der Waals surface area contributed by atoms with Gasteiger partial charge in [-0.25, -0.2) is 9.59 Å². The number of nitrogens with zero attached hydrogens (tertiary/aromatic N) is 2. The van der Waals surface area contributed by atoms with E-state index in [-0.39, 0.29) is 87.0 Å². The number of guanidine groups is 1. The lowest BCUT2D eigenvalue weighted by Gasteiger charge is -2.29. The van der Waals surface area contributed by atoms with E-state index in [9.17, 15) is 67.4 Å². The van der Waals surface area contributed by atoms with Gasteiger partial charge in [0.05, 0.1) is 19.1 Å². The molecule has 3 aromatic rings. The number of benzene rings is 3. The molecule has 31 heteroatoms. The fraction of sp³-hybridized carbons (Fsp3) is 0.509. The van der Waals surface area contributed by atoms with Crippen LogP contribution in [-0.4, -0.2) is 133 Å². The summed E-state index contributed by atoms with van der Waals surface area (Å²) in [7, 11) is -11.3. The number of likely N-dealkylation sites (tertiary alicyclic amines) is 1. The number of alkyl halides is 2. The molecule has 0 unspecified atom stereocenters. The molecule has 4 rings (SSSR count). The molecule has 1 aliphatic rings. The van der Waals surface area contributed by atoms with E-state index in [0.717, 1.165) is 22.5 Å². The maximum atomic E-state index is 16.3. The van der Waals surface area contributed by atoms with E-state index in [2.05, 4.69) is 26.3 Å². The maximum absolute atomic E-state index is 16.3. The molecule has 486 valence electrons. The number of alkyl carbamates (subject to hydrolysis) is 2. The number of carbonyl (C=O) groups is 7. The standard InChI is InChI=1S/C57H79F2IN8O18P2/c1-4-83-49(70)12-7-5-6-8-32-68-44(26-28-48(68)69)25-27-47(57(58,59)41-19-21-42(60)22-20-41)86-50(71)34-38-13-15-39(16-14-38)36-85-55(75)67-46(33-37(2)3)52(73)66-45(11-9-30-63-53(61)62)51(72)65-43-23-17-40(18-24-43)35-84-54(74)64-31-10-29-56(76,87(77,78)79)88(80,81)82/h13-25,27,37,44-47,76H,4-12,26,28-36H2,1-3H3,(H,64,74)(H,65,72)(H,66,73)(H,67,75)(H4,61,62,63)(H2,77,78,79)(H2,80,81,82)/b27-25+/t44-,45-,46-,47+/m0/s1. The van der Waals surface area contributed by atoms with Crippen LogP contribution >= 0.6 is 37.8 Å². The van der Waals surface area contributed by atoms with Gasteiger partial charge in [-0.2, -0.15) is 8.78 Å². The summed E-state index contributed by atoms with van der Waals surface area (Å²) in [5.74, 6) is -6.70. The van der Waals surface area contributed by atoms with E-state index in [4.69, 9.17) is 30.4 Å². The third-order valence-electron chi connectivity index (χ3n) is 13.7. The van der Waals surface area contributed by atoms with Crippen molar-refractivity contribution in [2.45, 2.75) is 153 Å². The zero-order chi connectivity index (χ0) is 65.2. The molecule has 0 spiro atoms. The van der Waals surface area contributed by atoms with Gasteiger partial charge < -0.3 is 81.3 Å². The molecule has 0 radical (unpaired) electrons. The van der Waals surface area contributed by atoms with Crippen molar-refractivity contribution in [3.8, 4) is 0 Å². The number of hydrogen-bond acceptors (Lipinski definition) is 15. The van der Waals surface area contributed by atoms with Gasteiger partial charge >= 0.3 is 45.2 Å². The van der Waals surface area contributed by atoms with E-state index in [0.29, 0.717) is 55.5 Å². The van der Waals surface area contributed by atoms with Crippen molar-refractivity contribution >= 4 is 91.3 Å². The minimum Gasteiger partial charge on any atom is -0.466 e. The Labute approximate surface area is 522 Å². The first-order chi connectivity index (χ1) is 41.4. The van der Waals surface area contributed by atoms with Gasteiger partial charge in [0, 0.05) is 53.7 Å². The number of nitrogens with one attached hydrogen (secondary N) is 4. The van der Waals surface area contributed by atoms with Crippen molar-refractivity contribution in [1.29, 1.82) is 0 Å². The zero-order valence-corrected chi connectivity index (χ0v) is 53.0. The molecular weight excluding hydrogens is 1310 g/mol. The monoisotopic (exact) mass is 1390 g/mol. The molecule has 1 fully saturated rings. The molecule has 0 aromatic heterocycles. The number of halogens is 3. The smallest absolute Gasteiger partial charge is 0.408 e. The number of anilines is 1. The average molecular weight is 1390 g/mol. The second-order valence-electron chi connectivity index (χ2n) is 21.1. The number of esters is 2. The summed E-state index contributed by atoms with van der Waals surface area (Å²) in [5, 5.41) is 16.5. The van der Waals surface area contributed by atoms with Crippen molar-refractivity contribution in [3.63, 3.8) is 0 Å². The SMILES string of the molecule is CCOC(=O)CCCCCCN1C(=O)CC[C@@H]1/C=C/[C@@H](OC(=O)Cc1ccc(COC(=O)N[C@@H](CC(C)C)C(=O)N[C@@H](CCCN=C(N)N)C(=O)Nc2ccc(COC(=O)NCCCC(O)(P(=O)(O)O)P(=O)(O)O)cc2)cc1)C(F)(F)c1ccc(I)cc1. The molecule has 3 aromatic carbocycles. The Morgan fingerprint density at radius 3 is 1.99 bits per heavy atom. The van der Waals surface area contributed by atoms with Crippen LogP contribution in [0.2, 0.25) is 0 Å². The number of ether oxygens (including phenoxy) is 4. The lowest BCUT2D eigenvalue weighted by molar-refractivity contribution is -0.167. The normalized spacial score (nSPS) is 14.8. The summed E-state index contributed by atoms with van der Waals surface area (Å²) in [6.45, 7) is 5.22. The number of amides is 5. The number of aliphatic imine (C=N–C) groups is 1. The molecule has 1 heterocycles. The van der Waals surface area contributed by atoms with Crippen LogP contribution < -0.4 is 32.7 Å². The number of hydrogen-bond donors (Lipinski definition) is 11. The highest BCUT2D eigenvalue weighted by Gasteiger charge is 2.58. The topological polar surface area (TPSA) is 407 Å². The van der Waals surface area contributed by atoms with Gasteiger partial charge in [-0.05, 0) is 127 Å². The predicted molar refractivity (Wildman–Crippen MR) is 327 cm³/mol. The molecule has 26 nitrogen and oxygen atoms in total. The van der Waals surface area contributed by atoms with Gasteiger partial charge in [-0.1, -0.05) is 81.3 Å². The van der Waals surface area contributed by atoms with Crippen LogP contribution in [0.3, 0.4) is 0 Å². The molecule has 1 saturated heterocycles. The Morgan fingerprint density at radius 1 is 0.784 bits per heavy atom. The number of rotatable bonds is 36. The first kappa shape index (κ1) is 73.9. The van der Waals surface area contributed by atoms with Gasteiger partial charge in [-0.3, -0.25) is 38.1 Å². The van der Waals surface area contributed by atoms with Crippen LogP contribution in [0.5, 0.6) is 0 Å². The lowest BCUT2D eigenvalue weighted by Crippen LogP contribution is -2.53. The van der Waals surface area contributed by atoms with Gasteiger partial charge in [0.2, 0.25) is 17.7 Å². The maximum Gasteiger partial charge on any atom is 0.408 e. The summed E-state index contributed by atoms with van der Waals surface area (Å²) in [6.07, 6.45) is 0.881. The Bertz CT molecular complexity index is 2940. The molecule has 0 saturated carbocycles. The van der Waals surface area contributed by atoms with Gasteiger partial charge in [0.25, 0.3) is 5.08 Å². The molecule has 1 aliphatic heterocycles. The van der Waals surface area contributed by atoms with Crippen molar-refractivity contribution < 1.29 is 95.1 Å². The first-order valence-corrected chi connectivity index (χ1v) is 32.7. The Kier molecular flexibility index (Phi) is 29.9. The van der Waals surface area contributed by atoms with Crippen LogP contribution in [-0.2, 0) is 77.6 Å². The second-order valence-corrected chi connectivity index (χ2v) is 26.4. The molecule has 5 amide bonds. The summed E-state index contributed by atoms with van der Waals surface area (Å²) in [4.78, 5) is 134. The molecule has 88 heavy (non-hydrogen) atoms. The lowest BCUT2D eigenvalue weighted by atomic mass is 10.0. The van der Waals surface area contributed by atoms with E-state index < -0.39 is 99.7 Å².